The van der Waals surface area contributed by atoms with E-state index in [2.05, 4.69) is 31.0 Å². The average Bonchev–Trinajstić information content (AvgIpc) is 2.14. The van der Waals surface area contributed by atoms with Gasteiger partial charge >= 0.3 is 0 Å². The van der Waals surface area contributed by atoms with Gasteiger partial charge in [0.2, 0.25) is 0 Å². The molecule has 0 aromatic heterocycles. The van der Waals surface area contributed by atoms with Gasteiger partial charge in [-0.15, -0.1) is 0 Å². The fourth-order valence-corrected chi connectivity index (χ4v) is 0.923. The van der Waals surface area contributed by atoms with E-state index in [4.69, 9.17) is 0 Å². The summed E-state index contributed by atoms with van der Waals surface area (Å²) in [7, 11) is 0. The van der Waals surface area contributed by atoms with E-state index < -0.39 is 0 Å². The van der Waals surface area contributed by atoms with E-state index in [0.29, 0.717) is 6.04 Å². The molecule has 0 amide bonds. The van der Waals surface area contributed by atoms with Crippen molar-refractivity contribution in [3.63, 3.8) is 0 Å². The van der Waals surface area contributed by atoms with E-state index in [0.717, 1.165) is 12.1 Å². The largest absolute Gasteiger partial charge is 0.304 e. The minimum atomic E-state index is 0.505. The van der Waals surface area contributed by atoms with Crippen LogP contribution in [0.2, 0.25) is 0 Å². The molecule has 0 saturated heterocycles. The van der Waals surface area contributed by atoms with Crippen molar-refractivity contribution >= 4 is 0 Å². The molecule has 0 aliphatic heterocycles. The smallest absolute Gasteiger partial charge is 0.0582 e. The van der Waals surface area contributed by atoms with Crippen LogP contribution in [-0.4, -0.2) is 12.6 Å². The lowest BCUT2D eigenvalue weighted by molar-refractivity contribution is 0.638. The van der Waals surface area contributed by atoms with Crippen LogP contribution >= 0.6 is 0 Å². The van der Waals surface area contributed by atoms with Crippen LogP contribution in [0.15, 0.2) is 30.3 Å². The summed E-state index contributed by atoms with van der Waals surface area (Å²) in [5.41, 5.74) is 1.08. The number of benzene rings is 1. The zero-order valence-corrected chi connectivity index (χ0v) is 8.17. The van der Waals surface area contributed by atoms with Crippen molar-refractivity contribution in [2.24, 2.45) is 0 Å². The second-order valence-corrected chi connectivity index (χ2v) is 3.20. The van der Waals surface area contributed by atoms with Crippen LogP contribution in [0.1, 0.15) is 19.4 Å². The summed E-state index contributed by atoms with van der Waals surface area (Å²) in [6, 6.07) is 10.5. The van der Waals surface area contributed by atoms with Crippen LogP contribution in [0.3, 0.4) is 0 Å². The van der Waals surface area contributed by atoms with Crippen molar-refractivity contribution in [2.75, 3.05) is 6.54 Å². The molecule has 0 fully saturated rings. The molecule has 1 heteroatoms. The van der Waals surface area contributed by atoms with Crippen molar-refractivity contribution in [1.82, 2.24) is 5.32 Å². The van der Waals surface area contributed by atoms with E-state index in [-0.39, 0.29) is 0 Å². The summed E-state index contributed by atoms with van der Waals surface area (Å²) in [5.74, 6) is 6.16. The van der Waals surface area contributed by atoms with Gasteiger partial charge in [0.1, 0.15) is 0 Å². The maximum absolute atomic E-state index is 3.24. The molecule has 0 spiro atoms. The first-order valence-corrected chi connectivity index (χ1v) is 4.56. The second-order valence-electron chi connectivity index (χ2n) is 3.20. The summed E-state index contributed by atoms with van der Waals surface area (Å²) >= 11 is 0. The van der Waals surface area contributed by atoms with Gasteiger partial charge in [0.25, 0.3) is 0 Å². The van der Waals surface area contributed by atoms with E-state index in [1.165, 1.54) is 0 Å². The van der Waals surface area contributed by atoms with E-state index in [1.807, 2.05) is 30.3 Å². The van der Waals surface area contributed by atoms with Gasteiger partial charge in [0.15, 0.2) is 0 Å². The molecule has 0 atom stereocenters. The number of hydrogen-bond acceptors (Lipinski definition) is 1. The fraction of sp³-hybridized carbons (Fsp3) is 0.333. The van der Waals surface area contributed by atoms with Crippen LogP contribution in [0.4, 0.5) is 0 Å². The van der Waals surface area contributed by atoms with Crippen molar-refractivity contribution in [3.05, 3.63) is 35.9 Å². The Morgan fingerprint density at radius 1 is 1.23 bits per heavy atom. The molecule has 0 aliphatic rings. The third kappa shape index (κ3) is 4.35. The lowest BCUT2D eigenvalue weighted by Gasteiger charge is -2.01. The molecule has 0 unspecified atom stereocenters. The summed E-state index contributed by atoms with van der Waals surface area (Å²) < 4.78 is 0. The minimum absolute atomic E-state index is 0.505. The predicted molar refractivity (Wildman–Crippen MR) is 56.5 cm³/mol. The standard InChI is InChI=1S/C12H15N/c1-11(2)13-10-6-9-12-7-4-3-5-8-12/h3-5,7-8,11,13H,10H2,1-2H3. The molecule has 0 bridgehead atoms. The predicted octanol–water partition coefficient (Wildman–Crippen LogP) is 2.04. The first-order chi connectivity index (χ1) is 6.29. The van der Waals surface area contributed by atoms with Gasteiger partial charge in [-0.1, -0.05) is 30.0 Å². The van der Waals surface area contributed by atoms with Crippen molar-refractivity contribution in [3.8, 4) is 11.8 Å². The highest BCUT2D eigenvalue weighted by Gasteiger charge is 1.86. The van der Waals surface area contributed by atoms with Crippen LogP contribution in [0.5, 0.6) is 0 Å². The summed E-state index contributed by atoms with van der Waals surface area (Å²) in [5, 5.41) is 3.24. The van der Waals surface area contributed by atoms with Gasteiger partial charge in [0, 0.05) is 11.6 Å². The van der Waals surface area contributed by atoms with Crippen LogP contribution < -0.4 is 5.32 Å². The summed E-state index contributed by atoms with van der Waals surface area (Å²) in [4.78, 5) is 0. The Labute approximate surface area is 80.2 Å². The number of rotatable bonds is 2. The molecule has 1 rings (SSSR count). The molecule has 1 N–H and O–H groups in total. The Morgan fingerprint density at radius 3 is 2.54 bits per heavy atom. The normalized spacial score (nSPS) is 9.46. The molecule has 1 nitrogen and oxygen atoms in total. The molecule has 68 valence electrons. The van der Waals surface area contributed by atoms with Crippen molar-refractivity contribution < 1.29 is 0 Å². The van der Waals surface area contributed by atoms with E-state index >= 15 is 0 Å². The minimum Gasteiger partial charge on any atom is -0.304 e. The summed E-state index contributed by atoms with van der Waals surface area (Å²) in [6.45, 7) is 4.99. The fourth-order valence-electron chi connectivity index (χ4n) is 0.923. The highest BCUT2D eigenvalue weighted by Crippen LogP contribution is 1.94. The van der Waals surface area contributed by atoms with E-state index in [9.17, 15) is 0 Å². The van der Waals surface area contributed by atoms with Gasteiger partial charge in [-0.3, -0.25) is 0 Å². The van der Waals surface area contributed by atoms with E-state index in [1.54, 1.807) is 0 Å². The van der Waals surface area contributed by atoms with Crippen molar-refractivity contribution in [2.45, 2.75) is 19.9 Å². The second kappa shape index (κ2) is 5.40. The van der Waals surface area contributed by atoms with Gasteiger partial charge in [-0.2, -0.15) is 0 Å². The molecule has 0 heterocycles. The molecular weight excluding hydrogens is 158 g/mol. The average molecular weight is 173 g/mol. The molecule has 13 heavy (non-hydrogen) atoms. The van der Waals surface area contributed by atoms with Gasteiger partial charge in [-0.05, 0) is 26.0 Å². The highest BCUT2D eigenvalue weighted by molar-refractivity contribution is 5.33. The third-order valence-corrected chi connectivity index (χ3v) is 1.61. The molecular formula is C12H15N. The van der Waals surface area contributed by atoms with Crippen LogP contribution in [-0.2, 0) is 0 Å². The molecule has 0 radical (unpaired) electrons. The maximum atomic E-state index is 3.24. The number of nitrogens with one attached hydrogen (secondary N) is 1. The zero-order valence-electron chi connectivity index (χ0n) is 8.17. The molecule has 0 aliphatic carbocycles. The maximum Gasteiger partial charge on any atom is 0.0582 e. The lowest BCUT2D eigenvalue weighted by Crippen LogP contribution is -2.22. The lowest BCUT2D eigenvalue weighted by atomic mass is 10.2. The van der Waals surface area contributed by atoms with Crippen LogP contribution in [0, 0.1) is 11.8 Å². The first kappa shape index (κ1) is 9.83. The SMILES string of the molecule is CC(C)NCC#Cc1ccccc1. The monoisotopic (exact) mass is 173 g/mol. The summed E-state index contributed by atoms with van der Waals surface area (Å²) in [6.07, 6.45) is 0. The number of hydrogen-bond donors (Lipinski definition) is 1. The van der Waals surface area contributed by atoms with Gasteiger partial charge in [-0.25, -0.2) is 0 Å². The first-order valence-electron chi connectivity index (χ1n) is 4.56. The van der Waals surface area contributed by atoms with Crippen LogP contribution in [0.25, 0.3) is 0 Å². The Kier molecular flexibility index (Phi) is 4.08. The van der Waals surface area contributed by atoms with Gasteiger partial charge in [0.05, 0.1) is 6.54 Å². The molecule has 1 aromatic rings. The quantitative estimate of drug-likeness (QED) is 0.675. The topological polar surface area (TPSA) is 12.0 Å². The highest BCUT2D eigenvalue weighted by atomic mass is 14.9. The Bertz CT molecular complexity index is 290. The Morgan fingerprint density at radius 2 is 1.92 bits per heavy atom. The zero-order chi connectivity index (χ0) is 9.52. The molecule has 1 aromatic carbocycles. The van der Waals surface area contributed by atoms with Gasteiger partial charge < -0.3 is 5.32 Å². The Hall–Kier alpha value is -1.26. The van der Waals surface area contributed by atoms with Crippen molar-refractivity contribution in [1.29, 1.82) is 0 Å². The molecule has 0 saturated carbocycles. The Balaban J connectivity index is 2.40. The third-order valence-electron chi connectivity index (χ3n) is 1.61.